The number of carbonyl (C=O) groups is 1. The molecule has 1 aliphatic carbocycles. The molecule has 0 spiro atoms. The van der Waals surface area contributed by atoms with E-state index in [1.807, 2.05) is 13.8 Å². The molecule has 0 unspecified atom stereocenters. The van der Waals surface area contributed by atoms with E-state index in [0.29, 0.717) is 17.2 Å². The molecule has 1 saturated carbocycles. The summed E-state index contributed by atoms with van der Waals surface area (Å²) in [4.78, 5) is 11.2. The summed E-state index contributed by atoms with van der Waals surface area (Å²) >= 11 is 0. The van der Waals surface area contributed by atoms with Crippen molar-refractivity contribution in [2.75, 3.05) is 0 Å². The van der Waals surface area contributed by atoms with Gasteiger partial charge in [0.1, 0.15) is 5.56 Å². The summed E-state index contributed by atoms with van der Waals surface area (Å²) in [7, 11) is 0. The lowest BCUT2D eigenvalue weighted by Gasteiger charge is -2.24. The van der Waals surface area contributed by atoms with E-state index >= 15 is 0 Å². The van der Waals surface area contributed by atoms with Gasteiger partial charge in [0.15, 0.2) is 0 Å². The smallest absolute Gasteiger partial charge is 0.339 e. The third-order valence-corrected chi connectivity index (χ3v) is 3.10. The second-order valence-electron chi connectivity index (χ2n) is 4.49. The second-order valence-corrected chi connectivity index (χ2v) is 4.49. The van der Waals surface area contributed by atoms with Gasteiger partial charge >= 0.3 is 5.97 Å². The molecule has 82 valence electrons. The standard InChI is InChI=1S/C11H16N2O2/c1-6(2)9-8(11(14)15)10(13-12-9)7-4-3-5-7/h6-7H,3-5H2,1-2H3,(H,12,13)(H,14,15). The highest BCUT2D eigenvalue weighted by Gasteiger charge is 2.29. The van der Waals surface area contributed by atoms with E-state index < -0.39 is 5.97 Å². The minimum atomic E-state index is -0.852. The largest absolute Gasteiger partial charge is 0.478 e. The first-order valence-corrected chi connectivity index (χ1v) is 5.42. The lowest BCUT2D eigenvalue weighted by molar-refractivity contribution is 0.0692. The van der Waals surface area contributed by atoms with Gasteiger partial charge < -0.3 is 5.11 Å². The van der Waals surface area contributed by atoms with E-state index in [4.69, 9.17) is 0 Å². The molecule has 0 aromatic carbocycles. The summed E-state index contributed by atoms with van der Waals surface area (Å²) in [5.74, 6) is -0.313. The van der Waals surface area contributed by atoms with Gasteiger partial charge in [-0.2, -0.15) is 5.10 Å². The average molecular weight is 208 g/mol. The molecule has 1 fully saturated rings. The van der Waals surface area contributed by atoms with Gasteiger partial charge in [-0.15, -0.1) is 0 Å². The van der Waals surface area contributed by atoms with Gasteiger partial charge in [-0.1, -0.05) is 20.3 Å². The monoisotopic (exact) mass is 208 g/mol. The van der Waals surface area contributed by atoms with Crippen molar-refractivity contribution >= 4 is 5.97 Å². The predicted molar refractivity (Wildman–Crippen MR) is 56.2 cm³/mol. The predicted octanol–water partition coefficient (Wildman–Crippen LogP) is 2.50. The molecule has 2 rings (SSSR count). The van der Waals surface area contributed by atoms with Crippen LogP contribution >= 0.6 is 0 Å². The van der Waals surface area contributed by atoms with Crippen LogP contribution in [0, 0.1) is 0 Å². The Balaban J connectivity index is 2.41. The van der Waals surface area contributed by atoms with Crippen molar-refractivity contribution in [2.24, 2.45) is 0 Å². The Kier molecular flexibility index (Phi) is 2.50. The highest BCUT2D eigenvalue weighted by Crippen LogP contribution is 2.38. The first-order chi connectivity index (χ1) is 7.11. The number of aromatic nitrogens is 2. The van der Waals surface area contributed by atoms with Gasteiger partial charge in [-0.3, -0.25) is 5.10 Å². The third-order valence-electron chi connectivity index (χ3n) is 3.10. The fraction of sp³-hybridized carbons (Fsp3) is 0.636. The van der Waals surface area contributed by atoms with E-state index in [-0.39, 0.29) is 5.92 Å². The molecule has 1 aliphatic rings. The first-order valence-electron chi connectivity index (χ1n) is 5.42. The van der Waals surface area contributed by atoms with Crippen LogP contribution in [0.25, 0.3) is 0 Å². The molecule has 4 nitrogen and oxygen atoms in total. The minimum absolute atomic E-state index is 0.154. The molecule has 1 aromatic heterocycles. The quantitative estimate of drug-likeness (QED) is 0.802. The average Bonchev–Trinajstić information content (AvgIpc) is 2.45. The van der Waals surface area contributed by atoms with Gasteiger partial charge in [-0.25, -0.2) is 4.79 Å². The van der Waals surface area contributed by atoms with Gasteiger partial charge in [0, 0.05) is 5.92 Å². The topological polar surface area (TPSA) is 66.0 Å². The molecule has 0 radical (unpaired) electrons. The third kappa shape index (κ3) is 1.64. The molecule has 1 aromatic rings. The zero-order chi connectivity index (χ0) is 11.0. The van der Waals surface area contributed by atoms with Crippen LogP contribution in [0.15, 0.2) is 0 Å². The van der Waals surface area contributed by atoms with E-state index in [9.17, 15) is 9.90 Å². The van der Waals surface area contributed by atoms with Crippen LogP contribution in [0.3, 0.4) is 0 Å². The summed E-state index contributed by atoms with van der Waals surface area (Å²) in [6.45, 7) is 3.93. The summed E-state index contributed by atoms with van der Waals surface area (Å²) < 4.78 is 0. The number of aromatic amines is 1. The van der Waals surface area contributed by atoms with E-state index in [0.717, 1.165) is 18.5 Å². The number of carboxylic acids is 1. The van der Waals surface area contributed by atoms with Crippen LogP contribution in [0.5, 0.6) is 0 Å². The SMILES string of the molecule is CC(C)c1n[nH]c(C2CCC2)c1C(=O)O. The molecule has 0 atom stereocenters. The van der Waals surface area contributed by atoms with Crippen LogP contribution in [0.2, 0.25) is 0 Å². The Morgan fingerprint density at radius 1 is 1.53 bits per heavy atom. The minimum Gasteiger partial charge on any atom is -0.478 e. The van der Waals surface area contributed by atoms with Crippen LogP contribution in [0.4, 0.5) is 0 Å². The Hall–Kier alpha value is -1.32. The highest BCUT2D eigenvalue weighted by molar-refractivity contribution is 5.90. The van der Waals surface area contributed by atoms with Crippen LogP contribution in [0.1, 0.15) is 66.7 Å². The molecule has 0 saturated heterocycles. The number of nitrogens with zero attached hydrogens (tertiary/aromatic N) is 1. The lowest BCUT2D eigenvalue weighted by atomic mass is 9.81. The molecule has 15 heavy (non-hydrogen) atoms. The molecule has 1 heterocycles. The van der Waals surface area contributed by atoms with E-state index in [2.05, 4.69) is 10.2 Å². The Bertz CT molecular complexity index is 378. The molecule has 0 amide bonds. The Morgan fingerprint density at radius 2 is 2.20 bits per heavy atom. The van der Waals surface area contributed by atoms with E-state index in [1.54, 1.807) is 0 Å². The van der Waals surface area contributed by atoms with Crippen molar-refractivity contribution < 1.29 is 9.90 Å². The molecular formula is C11H16N2O2. The maximum Gasteiger partial charge on any atom is 0.339 e. The summed E-state index contributed by atoms with van der Waals surface area (Å²) in [5, 5.41) is 16.2. The van der Waals surface area contributed by atoms with Gasteiger partial charge in [-0.05, 0) is 18.8 Å². The van der Waals surface area contributed by atoms with Crippen molar-refractivity contribution in [3.05, 3.63) is 17.0 Å². The van der Waals surface area contributed by atoms with Crippen LogP contribution in [-0.4, -0.2) is 21.3 Å². The van der Waals surface area contributed by atoms with Gasteiger partial charge in [0.05, 0.1) is 11.4 Å². The molecule has 2 N–H and O–H groups in total. The van der Waals surface area contributed by atoms with Gasteiger partial charge in [0.25, 0.3) is 0 Å². The summed E-state index contributed by atoms with van der Waals surface area (Å²) in [6, 6.07) is 0. The molecule has 0 bridgehead atoms. The number of hydrogen-bond donors (Lipinski definition) is 2. The second kappa shape index (κ2) is 3.68. The summed E-state index contributed by atoms with van der Waals surface area (Å²) in [5.41, 5.74) is 1.93. The summed E-state index contributed by atoms with van der Waals surface area (Å²) in [6.07, 6.45) is 3.36. The maximum absolute atomic E-state index is 11.2. The zero-order valence-electron chi connectivity index (χ0n) is 9.08. The van der Waals surface area contributed by atoms with E-state index in [1.165, 1.54) is 6.42 Å². The van der Waals surface area contributed by atoms with Crippen molar-refractivity contribution in [3.8, 4) is 0 Å². The van der Waals surface area contributed by atoms with Crippen molar-refractivity contribution in [2.45, 2.75) is 44.9 Å². The number of H-pyrrole nitrogens is 1. The molecule has 0 aliphatic heterocycles. The first kappa shape index (κ1) is 10.2. The van der Waals surface area contributed by atoms with Crippen molar-refractivity contribution in [1.82, 2.24) is 10.2 Å². The number of carboxylic acid groups (broad SMARTS) is 1. The lowest BCUT2D eigenvalue weighted by Crippen LogP contribution is -2.14. The number of nitrogens with one attached hydrogen (secondary N) is 1. The number of rotatable bonds is 3. The fourth-order valence-electron chi connectivity index (χ4n) is 2.01. The number of aromatic carboxylic acids is 1. The van der Waals surface area contributed by atoms with Crippen LogP contribution in [-0.2, 0) is 0 Å². The normalized spacial score (nSPS) is 16.7. The Labute approximate surface area is 88.7 Å². The molecule has 4 heteroatoms. The fourth-order valence-corrected chi connectivity index (χ4v) is 2.01. The Morgan fingerprint density at radius 3 is 2.60 bits per heavy atom. The van der Waals surface area contributed by atoms with Gasteiger partial charge in [0.2, 0.25) is 0 Å². The maximum atomic E-state index is 11.2. The highest BCUT2D eigenvalue weighted by atomic mass is 16.4. The van der Waals surface area contributed by atoms with Crippen molar-refractivity contribution in [3.63, 3.8) is 0 Å². The zero-order valence-corrected chi connectivity index (χ0v) is 9.08. The molecular weight excluding hydrogens is 192 g/mol. The van der Waals surface area contributed by atoms with Crippen LogP contribution < -0.4 is 0 Å². The van der Waals surface area contributed by atoms with Crippen molar-refractivity contribution in [1.29, 1.82) is 0 Å². The number of hydrogen-bond acceptors (Lipinski definition) is 2.